The summed E-state index contributed by atoms with van der Waals surface area (Å²) in [6.45, 7) is 0.824. The van der Waals surface area contributed by atoms with E-state index in [1.54, 1.807) is 0 Å². The molecule has 0 amide bonds. The number of alkyl halides is 3. The van der Waals surface area contributed by atoms with Crippen molar-refractivity contribution in [3.05, 3.63) is 24.0 Å². The second-order valence-corrected chi connectivity index (χ2v) is 8.54. The first kappa shape index (κ1) is 21.1. The third-order valence-electron chi connectivity index (χ3n) is 3.21. The predicted octanol–water partition coefficient (Wildman–Crippen LogP) is 1.13. The van der Waals surface area contributed by atoms with Crippen molar-refractivity contribution in [3.8, 4) is 0 Å². The van der Waals surface area contributed by atoms with Crippen LogP contribution < -0.4 is 5.32 Å². The van der Waals surface area contributed by atoms with Crippen molar-refractivity contribution in [2.45, 2.75) is 15.3 Å². The highest BCUT2D eigenvalue weighted by Crippen LogP contribution is 2.33. The molecule has 1 fully saturated rings. The number of rotatable bonds is 3. The SMILES string of the molecule is Cl.O=S(=O)(c1ccc(F)c(S(=O)(=O)C(F)(F)F)c1)N1CCNCC1. The van der Waals surface area contributed by atoms with Crippen molar-refractivity contribution in [1.82, 2.24) is 9.62 Å². The third kappa shape index (κ3) is 3.82. The zero-order valence-corrected chi connectivity index (χ0v) is 14.3. The van der Waals surface area contributed by atoms with E-state index in [4.69, 9.17) is 0 Å². The largest absolute Gasteiger partial charge is 0.502 e. The summed E-state index contributed by atoms with van der Waals surface area (Å²) in [4.78, 5) is -2.41. The van der Waals surface area contributed by atoms with Gasteiger partial charge in [0.15, 0.2) is 0 Å². The average molecular weight is 413 g/mol. The fourth-order valence-electron chi connectivity index (χ4n) is 2.01. The summed E-state index contributed by atoms with van der Waals surface area (Å²) >= 11 is 0. The highest BCUT2D eigenvalue weighted by Gasteiger charge is 2.48. The van der Waals surface area contributed by atoms with Crippen LogP contribution in [0.1, 0.15) is 0 Å². The quantitative estimate of drug-likeness (QED) is 0.753. The lowest BCUT2D eigenvalue weighted by Gasteiger charge is -2.26. The second kappa shape index (κ2) is 7.12. The van der Waals surface area contributed by atoms with Crippen LogP contribution in [-0.4, -0.2) is 52.8 Å². The van der Waals surface area contributed by atoms with Gasteiger partial charge < -0.3 is 5.32 Å². The minimum absolute atomic E-state index is 0. The molecule has 2 rings (SSSR count). The summed E-state index contributed by atoms with van der Waals surface area (Å²) in [5, 5.41) is 2.89. The Morgan fingerprint density at radius 1 is 1.04 bits per heavy atom. The zero-order valence-electron chi connectivity index (χ0n) is 11.9. The van der Waals surface area contributed by atoms with E-state index >= 15 is 0 Å². The lowest BCUT2D eigenvalue weighted by atomic mass is 10.3. The summed E-state index contributed by atoms with van der Waals surface area (Å²) in [5.74, 6) is -1.67. The Kier molecular flexibility index (Phi) is 6.26. The summed E-state index contributed by atoms with van der Waals surface area (Å²) < 4.78 is 99.5. The van der Waals surface area contributed by atoms with Gasteiger partial charge in [-0.2, -0.15) is 17.5 Å². The molecule has 0 bridgehead atoms. The van der Waals surface area contributed by atoms with E-state index in [2.05, 4.69) is 5.32 Å². The molecule has 6 nitrogen and oxygen atoms in total. The van der Waals surface area contributed by atoms with Gasteiger partial charge in [0.25, 0.3) is 9.84 Å². The van der Waals surface area contributed by atoms with Crippen molar-refractivity contribution < 1.29 is 34.4 Å². The Morgan fingerprint density at radius 3 is 2.08 bits per heavy atom. The van der Waals surface area contributed by atoms with Gasteiger partial charge in [0.05, 0.1) is 4.90 Å². The van der Waals surface area contributed by atoms with Crippen LogP contribution in [0.3, 0.4) is 0 Å². The number of sulfone groups is 1. The van der Waals surface area contributed by atoms with Crippen molar-refractivity contribution >= 4 is 32.3 Å². The first-order valence-corrected chi connectivity index (χ1v) is 9.22. The van der Waals surface area contributed by atoms with Crippen LogP contribution in [0.25, 0.3) is 0 Å². The van der Waals surface area contributed by atoms with E-state index in [0.29, 0.717) is 19.2 Å². The molecule has 1 aliphatic heterocycles. The summed E-state index contributed by atoms with van der Waals surface area (Å²) in [7, 11) is -10.2. The van der Waals surface area contributed by atoms with Gasteiger partial charge in [0.2, 0.25) is 10.0 Å². The fraction of sp³-hybridized carbons (Fsp3) is 0.455. The lowest BCUT2D eigenvalue weighted by molar-refractivity contribution is -0.0437. The van der Waals surface area contributed by atoms with Crippen LogP contribution in [0.15, 0.2) is 28.0 Å². The van der Waals surface area contributed by atoms with Crippen LogP contribution in [0.5, 0.6) is 0 Å². The van der Waals surface area contributed by atoms with E-state index < -0.39 is 41.0 Å². The van der Waals surface area contributed by atoms with E-state index in [9.17, 15) is 34.4 Å². The number of hydrogen-bond donors (Lipinski definition) is 1. The van der Waals surface area contributed by atoms with Gasteiger partial charge >= 0.3 is 5.51 Å². The molecule has 1 heterocycles. The summed E-state index contributed by atoms with van der Waals surface area (Å²) in [5.41, 5.74) is -5.73. The Hall–Kier alpha value is -0.950. The molecule has 1 saturated heterocycles. The Morgan fingerprint density at radius 2 is 1.58 bits per heavy atom. The molecule has 0 radical (unpaired) electrons. The number of nitrogens with one attached hydrogen (secondary N) is 1. The second-order valence-electron chi connectivity index (χ2n) is 4.70. The third-order valence-corrected chi connectivity index (χ3v) is 6.61. The molecule has 0 saturated carbocycles. The summed E-state index contributed by atoms with van der Waals surface area (Å²) in [6.07, 6.45) is 0. The first-order chi connectivity index (χ1) is 10.5. The van der Waals surface area contributed by atoms with Gasteiger partial charge in [-0.25, -0.2) is 21.2 Å². The molecule has 0 aromatic heterocycles. The van der Waals surface area contributed by atoms with Crippen molar-refractivity contribution in [3.63, 3.8) is 0 Å². The van der Waals surface area contributed by atoms with E-state index in [0.717, 1.165) is 10.4 Å². The van der Waals surface area contributed by atoms with Gasteiger partial charge in [0.1, 0.15) is 10.7 Å². The number of halogens is 5. The first-order valence-electron chi connectivity index (χ1n) is 6.30. The zero-order chi connectivity index (χ0) is 17.5. The van der Waals surface area contributed by atoms with Crippen LogP contribution in [0.4, 0.5) is 17.6 Å². The lowest BCUT2D eigenvalue weighted by Crippen LogP contribution is -2.46. The van der Waals surface area contributed by atoms with E-state index in [1.807, 2.05) is 0 Å². The van der Waals surface area contributed by atoms with Gasteiger partial charge in [-0.05, 0) is 18.2 Å². The molecule has 0 aliphatic carbocycles. The molecule has 1 aliphatic rings. The fourth-order valence-corrected chi connectivity index (χ4v) is 4.41. The molecule has 138 valence electrons. The molecule has 1 aromatic rings. The number of sulfonamides is 1. The number of piperazine rings is 1. The number of benzene rings is 1. The van der Waals surface area contributed by atoms with Crippen LogP contribution in [0.2, 0.25) is 0 Å². The van der Waals surface area contributed by atoms with Crippen molar-refractivity contribution in [2.75, 3.05) is 26.2 Å². The normalized spacial score (nSPS) is 17.3. The van der Waals surface area contributed by atoms with E-state index in [1.165, 1.54) is 0 Å². The monoisotopic (exact) mass is 412 g/mol. The molecule has 0 atom stereocenters. The minimum Gasteiger partial charge on any atom is -0.314 e. The maximum Gasteiger partial charge on any atom is 0.502 e. The highest BCUT2D eigenvalue weighted by atomic mass is 35.5. The van der Waals surface area contributed by atoms with Gasteiger partial charge in [-0.3, -0.25) is 0 Å². The Balaban J connectivity index is 0.00000288. The topological polar surface area (TPSA) is 83.5 Å². The van der Waals surface area contributed by atoms with Crippen LogP contribution >= 0.6 is 12.4 Å². The van der Waals surface area contributed by atoms with Crippen molar-refractivity contribution in [2.24, 2.45) is 0 Å². The predicted molar refractivity (Wildman–Crippen MR) is 78.5 cm³/mol. The minimum atomic E-state index is -5.99. The highest BCUT2D eigenvalue weighted by molar-refractivity contribution is 7.92. The number of nitrogens with zero attached hydrogens (tertiary/aromatic N) is 1. The molecule has 1 aromatic carbocycles. The average Bonchev–Trinajstić information content (AvgIpc) is 2.47. The van der Waals surface area contributed by atoms with E-state index in [-0.39, 0.29) is 31.6 Å². The van der Waals surface area contributed by atoms with Crippen LogP contribution in [0, 0.1) is 5.82 Å². The smallest absolute Gasteiger partial charge is 0.314 e. The number of hydrogen-bond acceptors (Lipinski definition) is 5. The van der Waals surface area contributed by atoms with Crippen molar-refractivity contribution in [1.29, 1.82) is 0 Å². The Labute approximate surface area is 142 Å². The van der Waals surface area contributed by atoms with Gasteiger partial charge in [0, 0.05) is 26.2 Å². The van der Waals surface area contributed by atoms with Gasteiger partial charge in [-0.1, -0.05) is 0 Å². The summed E-state index contributed by atoms with van der Waals surface area (Å²) in [6, 6.07) is 1.34. The van der Waals surface area contributed by atoms with Crippen LogP contribution in [-0.2, 0) is 19.9 Å². The molecular formula is C11H13ClF4N2O4S2. The molecular weight excluding hydrogens is 400 g/mol. The van der Waals surface area contributed by atoms with Gasteiger partial charge in [-0.15, -0.1) is 12.4 Å². The molecule has 0 unspecified atom stereocenters. The molecule has 0 spiro atoms. The maximum atomic E-state index is 13.5. The molecule has 24 heavy (non-hydrogen) atoms. The molecule has 13 heteroatoms. The Bertz CT molecular complexity index is 806. The standard InChI is InChI=1S/C11H12F4N2O4S2.ClH/c12-9-2-1-8(7-10(9)22(18,19)11(13,14)15)23(20,21)17-5-3-16-4-6-17;/h1-2,7,16H,3-6H2;1H. The maximum absolute atomic E-state index is 13.5. The molecule has 1 N–H and O–H groups in total.